The second-order valence-electron chi connectivity index (χ2n) is 5.15. The molecule has 126 valence electrons. The molecule has 0 aromatic heterocycles. The molecule has 0 saturated carbocycles. The Hall–Kier alpha value is -1.11. The molecule has 0 aliphatic carbocycles. The number of alkyl halides is 2. The molecule has 1 heterocycles. The van der Waals surface area contributed by atoms with E-state index in [2.05, 4.69) is 17.1 Å². The lowest BCUT2D eigenvalue weighted by Gasteiger charge is -2.32. The third-order valence-corrected chi connectivity index (χ3v) is 3.41. The highest BCUT2D eigenvalue weighted by Gasteiger charge is 2.20. The molecular formula is C15H23ClF2N2O2. The maximum Gasteiger partial charge on any atom is 0.387 e. The minimum atomic E-state index is -2.85. The van der Waals surface area contributed by atoms with E-state index in [0.29, 0.717) is 24.9 Å². The number of hydrogen-bond donors (Lipinski definition) is 1. The summed E-state index contributed by atoms with van der Waals surface area (Å²) >= 11 is 0. The SMILES string of the molecule is CCOc1cccc(CN2CCNC(C)C2)c1OC(F)F.Cl. The van der Waals surface area contributed by atoms with Crippen LogP contribution >= 0.6 is 12.4 Å². The molecule has 1 fully saturated rings. The van der Waals surface area contributed by atoms with Gasteiger partial charge in [0.25, 0.3) is 0 Å². The topological polar surface area (TPSA) is 33.7 Å². The lowest BCUT2D eigenvalue weighted by molar-refractivity contribution is -0.0524. The second kappa shape index (κ2) is 9.12. The van der Waals surface area contributed by atoms with Crippen molar-refractivity contribution >= 4 is 12.4 Å². The molecule has 0 spiro atoms. The van der Waals surface area contributed by atoms with Crippen molar-refractivity contribution in [2.75, 3.05) is 26.2 Å². The second-order valence-corrected chi connectivity index (χ2v) is 5.15. The number of nitrogens with zero attached hydrogens (tertiary/aromatic N) is 1. The predicted molar refractivity (Wildman–Crippen MR) is 84.2 cm³/mol. The Bertz CT molecular complexity index is 463. The van der Waals surface area contributed by atoms with Crippen LogP contribution in [-0.4, -0.2) is 43.8 Å². The Morgan fingerprint density at radius 3 is 2.82 bits per heavy atom. The fourth-order valence-corrected chi connectivity index (χ4v) is 2.57. The van der Waals surface area contributed by atoms with Crippen molar-refractivity contribution in [2.24, 2.45) is 0 Å². The maximum atomic E-state index is 12.7. The van der Waals surface area contributed by atoms with E-state index in [1.807, 2.05) is 19.1 Å². The summed E-state index contributed by atoms with van der Waals surface area (Å²) in [6.45, 7) is 4.73. The summed E-state index contributed by atoms with van der Waals surface area (Å²) in [5.74, 6) is 0.527. The van der Waals surface area contributed by atoms with Gasteiger partial charge >= 0.3 is 6.61 Å². The van der Waals surface area contributed by atoms with Gasteiger partial charge in [0.15, 0.2) is 11.5 Å². The fraction of sp³-hybridized carbons (Fsp3) is 0.600. The number of halogens is 3. The smallest absolute Gasteiger partial charge is 0.387 e. The van der Waals surface area contributed by atoms with Crippen molar-refractivity contribution < 1.29 is 18.3 Å². The molecule has 1 unspecified atom stereocenters. The van der Waals surface area contributed by atoms with Crippen LogP contribution in [0.15, 0.2) is 18.2 Å². The van der Waals surface area contributed by atoms with Gasteiger partial charge in [0, 0.05) is 37.8 Å². The molecule has 1 aliphatic rings. The van der Waals surface area contributed by atoms with Crippen LogP contribution in [0.25, 0.3) is 0 Å². The van der Waals surface area contributed by atoms with Gasteiger partial charge in [-0.3, -0.25) is 4.90 Å². The third-order valence-electron chi connectivity index (χ3n) is 3.41. The first kappa shape index (κ1) is 18.9. The number of ether oxygens (including phenoxy) is 2. The highest BCUT2D eigenvalue weighted by Crippen LogP contribution is 2.33. The molecule has 1 atom stereocenters. The minimum Gasteiger partial charge on any atom is -0.490 e. The first-order chi connectivity index (χ1) is 10.1. The van der Waals surface area contributed by atoms with Gasteiger partial charge in [-0.2, -0.15) is 8.78 Å². The molecule has 1 saturated heterocycles. The molecule has 0 radical (unpaired) electrons. The zero-order valence-electron chi connectivity index (χ0n) is 12.9. The first-order valence-corrected chi connectivity index (χ1v) is 7.25. The van der Waals surface area contributed by atoms with E-state index >= 15 is 0 Å². The zero-order valence-corrected chi connectivity index (χ0v) is 13.7. The quantitative estimate of drug-likeness (QED) is 0.866. The van der Waals surface area contributed by atoms with E-state index in [-0.39, 0.29) is 18.2 Å². The lowest BCUT2D eigenvalue weighted by atomic mass is 10.1. The summed E-state index contributed by atoms with van der Waals surface area (Å²) in [6, 6.07) is 5.68. The average Bonchev–Trinajstić information content (AvgIpc) is 2.42. The molecule has 4 nitrogen and oxygen atoms in total. The van der Waals surface area contributed by atoms with Crippen molar-refractivity contribution in [3.8, 4) is 11.5 Å². The molecule has 2 rings (SSSR count). The van der Waals surface area contributed by atoms with Crippen molar-refractivity contribution in [3.63, 3.8) is 0 Å². The zero-order chi connectivity index (χ0) is 15.2. The Kier molecular flexibility index (Phi) is 7.85. The van der Waals surface area contributed by atoms with Crippen molar-refractivity contribution in [1.82, 2.24) is 10.2 Å². The van der Waals surface area contributed by atoms with Gasteiger partial charge in [-0.15, -0.1) is 12.4 Å². The molecule has 1 aromatic carbocycles. The molecule has 1 aromatic rings. The van der Waals surface area contributed by atoms with Gasteiger partial charge in [-0.1, -0.05) is 12.1 Å². The molecule has 1 aliphatic heterocycles. The van der Waals surface area contributed by atoms with Gasteiger partial charge in [0.05, 0.1) is 6.61 Å². The van der Waals surface area contributed by atoms with Crippen LogP contribution in [0.4, 0.5) is 8.78 Å². The number of nitrogens with one attached hydrogen (secondary N) is 1. The van der Waals surface area contributed by atoms with E-state index in [0.717, 1.165) is 25.2 Å². The summed E-state index contributed by atoms with van der Waals surface area (Å²) in [6.07, 6.45) is 0. The monoisotopic (exact) mass is 336 g/mol. The van der Waals surface area contributed by atoms with Gasteiger partial charge in [-0.25, -0.2) is 0 Å². The van der Waals surface area contributed by atoms with Crippen molar-refractivity contribution in [3.05, 3.63) is 23.8 Å². The molecular weight excluding hydrogens is 314 g/mol. The Balaban J connectivity index is 0.00000242. The standard InChI is InChI=1S/C15H22F2N2O2.ClH/c1-3-20-13-6-4-5-12(14(13)21-15(16)17)10-19-8-7-18-11(2)9-19;/h4-6,11,15,18H,3,7-10H2,1-2H3;1H. The number of piperazine rings is 1. The number of benzene rings is 1. The van der Waals surface area contributed by atoms with Gasteiger partial charge < -0.3 is 14.8 Å². The van der Waals surface area contributed by atoms with Crippen LogP contribution in [-0.2, 0) is 6.54 Å². The van der Waals surface area contributed by atoms with Crippen LogP contribution in [0.3, 0.4) is 0 Å². The predicted octanol–water partition coefficient (Wildman–Crippen LogP) is 2.90. The Morgan fingerprint density at radius 2 is 2.18 bits per heavy atom. The van der Waals surface area contributed by atoms with Crippen molar-refractivity contribution in [1.29, 1.82) is 0 Å². The highest BCUT2D eigenvalue weighted by atomic mass is 35.5. The van der Waals surface area contributed by atoms with E-state index in [9.17, 15) is 8.78 Å². The highest BCUT2D eigenvalue weighted by molar-refractivity contribution is 5.85. The van der Waals surface area contributed by atoms with Crippen molar-refractivity contribution in [2.45, 2.75) is 33.0 Å². The summed E-state index contributed by atoms with van der Waals surface area (Å²) in [5.41, 5.74) is 0.732. The van der Waals surface area contributed by atoms with Crippen LogP contribution < -0.4 is 14.8 Å². The summed E-state index contributed by atoms with van der Waals surface area (Å²) in [5, 5.41) is 3.36. The summed E-state index contributed by atoms with van der Waals surface area (Å²) < 4.78 is 35.4. The van der Waals surface area contributed by atoms with Gasteiger partial charge in [0.2, 0.25) is 0 Å². The first-order valence-electron chi connectivity index (χ1n) is 7.25. The Labute approximate surface area is 136 Å². The van der Waals surface area contributed by atoms with Crippen LogP contribution in [0.5, 0.6) is 11.5 Å². The normalized spacial score (nSPS) is 18.9. The van der Waals surface area contributed by atoms with Crippen LogP contribution in [0, 0.1) is 0 Å². The Morgan fingerprint density at radius 1 is 1.41 bits per heavy atom. The summed E-state index contributed by atoms with van der Waals surface area (Å²) in [4.78, 5) is 2.23. The fourth-order valence-electron chi connectivity index (χ4n) is 2.57. The van der Waals surface area contributed by atoms with E-state index in [1.54, 1.807) is 6.07 Å². The minimum absolute atomic E-state index is 0. The lowest BCUT2D eigenvalue weighted by Crippen LogP contribution is -2.48. The molecule has 7 heteroatoms. The van der Waals surface area contributed by atoms with Gasteiger partial charge in [0.1, 0.15) is 0 Å². The van der Waals surface area contributed by atoms with E-state index < -0.39 is 6.61 Å². The van der Waals surface area contributed by atoms with E-state index in [1.165, 1.54) is 0 Å². The van der Waals surface area contributed by atoms with Crippen LogP contribution in [0.1, 0.15) is 19.4 Å². The maximum absolute atomic E-state index is 12.7. The third kappa shape index (κ3) is 5.26. The summed E-state index contributed by atoms with van der Waals surface area (Å²) in [7, 11) is 0. The van der Waals surface area contributed by atoms with Crippen LogP contribution in [0.2, 0.25) is 0 Å². The molecule has 0 amide bonds. The van der Waals surface area contributed by atoms with E-state index in [4.69, 9.17) is 9.47 Å². The number of rotatable bonds is 6. The molecule has 1 N–H and O–H groups in total. The van der Waals surface area contributed by atoms with Gasteiger partial charge in [-0.05, 0) is 19.9 Å². The number of para-hydroxylation sites is 1. The molecule has 0 bridgehead atoms. The number of hydrogen-bond acceptors (Lipinski definition) is 4. The largest absolute Gasteiger partial charge is 0.490 e. The molecule has 22 heavy (non-hydrogen) atoms. The average molecular weight is 337 g/mol.